The highest BCUT2D eigenvalue weighted by Gasteiger charge is 2.22. The van der Waals surface area contributed by atoms with E-state index in [0.29, 0.717) is 12.1 Å². The van der Waals surface area contributed by atoms with Gasteiger partial charge in [0.1, 0.15) is 17.5 Å². The molecule has 1 aliphatic rings. The van der Waals surface area contributed by atoms with Crippen LogP contribution in [0.25, 0.3) is 11.1 Å². The van der Waals surface area contributed by atoms with E-state index in [1.165, 1.54) is 7.11 Å². The molecule has 0 radical (unpaired) electrons. The molecule has 0 bridgehead atoms. The van der Waals surface area contributed by atoms with Crippen molar-refractivity contribution in [2.24, 2.45) is 0 Å². The fourth-order valence-electron chi connectivity index (χ4n) is 3.20. The Balaban J connectivity index is 1.62. The Morgan fingerprint density at radius 3 is 2.45 bits per heavy atom. The molecule has 1 atom stereocenters. The van der Waals surface area contributed by atoms with Crippen LogP contribution in [-0.4, -0.2) is 37.4 Å². The SMILES string of the molecule is COC(=O)c1ccc(-c2ccc3c(c2)CCC(CNC(=O)OC(C)(C)C)O3)cc1. The van der Waals surface area contributed by atoms with Gasteiger partial charge in [-0.3, -0.25) is 0 Å². The van der Waals surface area contributed by atoms with Crippen LogP contribution in [-0.2, 0) is 15.9 Å². The van der Waals surface area contributed by atoms with E-state index in [4.69, 9.17) is 14.2 Å². The third kappa shape index (κ3) is 5.50. The molecule has 1 heterocycles. The van der Waals surface area contributed by atoms with Gasteiger partial charge >= 0.3 is 12.1 Å². The number of carbonyl (C=O) groups is 2. The Labute approximate surface area is 171 Å². The Morgan fingerprint density at radius 1 is 1.10 bits per heavy atom. The smallest absolute Gasteiger partial charge is 0.407 e. The number of carbonyl (C=O) groups excluding carboxylic acids is 2. The molecule has 0 aliphatic carbocycles. The van der Waals surface area contributed by atoms with Crippen LogP contribution in [0.15, 0.2) is 42.5 Å². The topological polar surface area (TPSA) is 73.9 Å². The maximum atomic E-state index is 11.8. The summed E-state index contributed by atoms with van der Waals surface area (Å²) in [5, 5.41) is 2.77. The maximum Gasteiger partial charge on any atom is 0.407 e. The first-order valence-corrected chi connectivity index (χ1v) is 9.70. The van der Waals surface area contributed by atoms with Crippen molar-refractivity contribution in [3.63, 3.8) is 0 Å². The number of hydrogen-bond donors (Lipinski definition) is 1. The first-order chi connectivity index (χ1) is 13.7. The largest absolute Gasteiger partial charge is 0.488 e. The summed E-state index contributed by atoms with van der Waals surface area (Å²) in [6, 6.07) is 13.4. The zero-order valence-electron chi connectivity index (χ0n) is 17.3. The Bertz CT molecular complexity index is 883. The number of benzene rings is 2. The van der Waals surface area contributed by atoms with E-state index in [9.17, 15) is 9.59 Å². The fraction of sp³-hybridized carbons (Fsp3) is 0.391. The van der Waals surface area contributed by atoms with Crippen LogP contribution in [0.2, 0.25) is 0 Å². The van der Waals surface area contributed by atoms with Crippen molar-refractivity contribution in [3.05, 3.63) is 53.6 Å². The molecule has 2 aromatic rings. The number of ether oxygens (including phenoxy) is 3. The molecule has 154 valence electrons. The molecule has 0 saturated heterocycles. The second-order valence-electron chi connectivity index (χ2n) is 8.05. The summed E-state index contributed by atoms with van der Waals surface area (Å²) in [6.45, 7) is 5.91. The average Bonchev–Trinajstić information content (AvgIpc) is 2.70. The minimum absolute atomic E-state index is 0.0831. The molecule has 1 N–H and O–H groups in total. The van der Waals surface area contributed by atoms with E-state index >= 15 is 0 Å². The number of fused-ring (bicyclic) bond motifs is 1. The zero-order valence-corrected chi connectivity index (χ0v) is 17.3. The summed E-state index contributed by atoms with van der Waals surface area (Å²) in [6.07, 6.45) is 1.16. The summed E-state index contributed by atoms with van der Waals surface area (Å²) in [5.74, 6) is 0.489. The minimum atomic E-state index is -0.518. The first kappa shape index (κ1) is 20.7. The molecule has 1 unspecified atom stereocenters. The second-order valence-corrected chi connectivity index (χ2v) is 8.05. The number of aryl methyl sites for hydroxylation is 1. The number of alkyl carbamates (subject to hydrolysis) is 1. The lowest BCUT2D eigenvalue weighted by molar-refractivity contribution is 0.0493. The van der Waals surface area contributed by atoms with Crippen LogP contribution in [0.4, 0.5) is 4.79 Å². The normalized spacial score (nSPS) is 15.7. The summed E-state index contributed by atoms with van der Waals surface area (Å²) in [5.41, 5.74) is 3.23. The van der Waals surface area contributed by atoms with Crippen LogP contribution in [0.1, 0.15) is 43.1 Å². The highest BCUT2D eigenvalue weighted by Crippen LogP contribution is 2.32. The molecular weight excluding hydrogens is 370 g/mol. The molecule has 1 amide bonds. The fourth-order valence-corrected chi connectivity index (χ4v) is 3.20. The molecule has 1 aliphatic heterocycles. The predicted molar refractivity (Wildman–Crippen MR) is 110 cm³/mol. The standard InChI is InChI=1S/C23H27NO5/c1-23(2,3)29-22(26)24-14-19-11-9-18-13-17(10-12-20(18)28-19)15-5-7-16(8-6-15)21(25)27-4/h5-8,10,12-13,19H,9,11,14H2,1-4H3,(H,24,26). The van der Waals surface area contributed by atoms with E-state index in [2.05, 4.69) is 11.4 Å². The van der Waals surface area contributed by atoms with Crippen LogP contribution in [0.3, 0.4) is 0 Å². The average molecular weight is 397 g/mol. The maximum absolute atomic E-state index is 11.8. The molecule has 2 aromatic carbocycles. The number of nitrogens with one attached hydrogen (secondary N) is 1. The highest BCUT2D eigenvalue weighted by molar-refractivity contribution is 5.90. The molecular formula is C23H27NO5. The van der Waals surface area contributed by atoms with Gasteiger partial charge in [-0.05, 0) is 74.6 Å². The summed E-state index contributed by atoms with van der Waals surface area (Å²) < 4.78 is 16.0. The summed E-state index contributed by atoms with van der Waals surface area (Å²) in [4.78, 5) is 23.4. The van der Waals surface area contributed by atoms with Gasteiger partial charge in [0.25, 0.3) is 0 Å². The lowest BCUT2D eigenvalue weighted by Crippen LogP contribution is -2.40. The molecule has 3 rings (SSSR count). The third-order valence-electron chi connectivity index (χ3n) is 4.60. The van der Waals surface area contributed by atoms with Gasteiger partial charge in [0.15, 0.2) is 0 Å². The van der Waals surface area contributed by atoms with Crippen molar-refractivity contribution in [2.75, 3.05) is 13.7 Å². The van der Waals surface area contributed by atoms with Crippen LogP contribution < -0.4 is 10.1 Å². The first-order valence-electron chi connectivity index (χ1n) is 9.70. The van der Waals surface area contributed by atoms with Gasteiger partial charge in [0.05, 0.1) is 19.2 Å². The van der Waals surface area contributed by atoms with Crippen molar-refractivity contribution in [3.8, 4) is 16.9 Å². The van der Waals surface area contributed by atoms with E-state index in [-0.39, 0.29) is 12.1 Å². The molecule has 6 nitrogen and oxygen atoms in total. The van der Waals surface area contributed by atoms with Crippen molar-refractivity contribution in [2.45, 2.75) is 45.3 Å². The van der Waals surface area contributed by atoms with E-state index < -0.39 is 11.7 Å². The number of hydrogen-bond acceptors (Lipinski definition) is 5. The van der Waals surface area contributed by atoms with Crippen molar-refractivity contribution < 1.29 is 23.8 Å². The number of methoxy groups -OCH3 is 1. The Morgan fingerprint density at radius 2 is 1.79 bits per heavy atom. The third-order valence-corrected chi connectivity index (χ3v) is 4.60. The molecule has 29 heavy (non-hydrogen) atoms. The molecule has 0 spiro atoms. The van der Waals surface area contributed by atoms with Gasteiger partial charge in [0.2, 0.25) is 0 Å². The van der Waals surface area contributed by atoms with Gasteiger partial charge in [-0.2, -0.15) is 0 Å². The second kappa shape index (κ2) is 8.55. The van der Waals surface area contributed by atoms with E-state index in [1.54, 1.807) is 12.1 Å². The van der Waals surface area contributed by atoms with Crippen molar-refractivity contribution in [1.82, 2.24) is 5.32 Å². The number of esters is 1. The van der Waals surface area contributed by atoms with Gasteiger partial charge in [-0.25, -0.2) is 9.59 Å². The van der Waals surface area contributed by atoms with E-state index in [1.807, 2.05) is 45.0 Å². The number of amides is 1. The van der Waals surface area contributed by atoms with Crippen molar-refractivity contribution >= 4 is 12.1 Å². The van der Waals surface area contributed by atoms with Crippen LogP contribution in [0, 0.1) is 0 Å². The van der Waals surface area contributed by atoms with E-state index in [0.717, 1.165) is 35.3 Å². The summed E-state index contributed by atoms with van der Waals surface area (Å²) in [7, 11) is 1.37. The van der Waals surface area contributed by atoms with Gasteiger partial charge in [-0.1, -0.05) is 18.2 Å². The quantitative estimate of drug-likeness (QED) is 0.776. The zero-order chi connectivity index (χ0) is 21.0. The van der Waals surface area contributed by atoms with Crippen molar-refractivity contribution in [1.29, 1.82) is 0 Å². The van der Waals surface area contributed by atoms with Crippen LogP contribution in [0.5, 0.6) is 5.75 Å². The number of rotatable bonds is 4. The molecule has 0 fully saturated rings. The molecule has 0 saturated carbocycles. The van der Waals surface area contributed by atoms with Gasteiger partial charge < -0.3 is 19.5 Å². The Hall–Kier alpha value is -3.02. The monoisotopic (exact) mass is 397 g/mol. The highest BCUT2D eigenvalue weighted by atomic mass is 16.6. The lowest BCUT2D eigenvalue weighted by atomic mass is 9.96. The Kier molecular flexibility index (Phi) is 6.11. The van der Waals surface area contributed by atoms with Gasteiger partial charge in [-0.15, -0.1) is 0 Å². The predicted octanol–water partition coefficient (Wildman–Crippen LogP) is 4.36. The molecule has 6 heteroatoms. The lowest BCUT2D eigenvalue weighted by Gasteiger charge is -2.27. The molecule has 0 aromatic heterocycles. The minimum Gasteiger partial charge on any atom is -0.488 e. The summed E-state index contributed by atoms with van der Waals surface area (Å²) >= 11 is 0. The van der Waals surface area contributed by atoms with Gasteiger partial charge in [0, 0.05) is 0 Å². The van der Waals surface area contributed by atoms with Crippen LogP contribution >= 0.6 is 0 Å².